The van der Waals surface area contributed by atoms with Crippen LogP contribution in [0.4, 0.5) is 5.82 Å². The summed E-state index contributed by atoms with van der Waals surface area (Å²) in [6, 6.07) is 3.70. The Morgan fingerprint density at radius 1 is 1.23 bits per heavy atom. The molecule has 0 aliphatic carbocycles. The second-order valence-corrected chi connectivity index (χ2v) is 3.58. The van der Waals surface area contributed by atoms with Crippen molar-refractivity contribution in [3.63, 3.8) is 0 Å². The van der Waals surface area contributed by atoms with E-state index in [-0.39, 0.29) is 0 Å². The zero-order chi connectivity index (χ0) is 9.26. The number of hydrogen-bond donors (Lipinski definition) is 1. The summed E-state index contributed by atoms with van der Waals surface area (Å²) in [5.41, 5.74) is 7.55. The van der Waals surface area contributed by atoms with Crippen molar-refractivity contribution in [2.45, 2.75) is 0 Å². The molecular weight excluding hydrogens is 279 g/mol. The monoisotopic (exact) mass is 286 g/mol. The quantitative estimate of drug-likeness (QED) is 0.812. The molecule has 0 amide bonds. The number of nitrogen functional groups attached to an aromatic ring is 1. The third-order valence-electron chi connectivity index (χ3n) is 1.67. The molecule has 13 heavy (non-hydrogen) atoms. The first kappa shape index (κ1) is 8.49. The van der Waals surface area contributed by atoms with Crippen molar-refractivity contribution >= 4 is 28.7 Å². The minimum absolute atomic E-state index is 0.533. The molecule has 0 aliphatic rings. The molecule has 0 saturated heterocycles. The molecule has 0 aliphatic heterocycles. The van der Waals surface area contributed by atoms with Gasteiger partial charge in [-0.05, 0) is 12.1 Å². The summed E-state index contributed by atoms with van der Waals surface area (Å²) < 4.78 is 1.73. The van der Waals surface area contributed by atoms with E-state index in [1.165, 1.54) is 0 Å². The van der Waals surface area contributed by atoms with Gasteiger partial charge >= 0.3 is 0 Å². The Bertz CT molecular complexity index is 406. The first-order valence-electron chi connectivity index (χ1n) is 3.68. The Morgan fingerprint density at radius 2 is 2.08 bits per heavy atom. The molecule has 2 heterocycles. The van der Waals surface area contributed by atoms with E-state index in [0.717, 1.165) is 11.1 Å². The number of rotatable bonds is 1. The van der Waals surface area contributed by atoms with Gasteiger partial charge in [-0.3, -0.25) is 0 Å². The van der Waals surface area contributed by atoms with Crippen molar-refractivity contribution < 1.29 is 0 Å². The number of nitrogens with two attached hydrogens (primary N) is 1. The molecule has 0 saturated carbocycles. The minimum Gasteiger partial charge on any atom is -0.384 e. The Labute approximate surface area is 89.3 Å². The lowest BCUT2D eigenvalue weighted by molar-refractivity contribution is 1.06. The van der Waals surface area contributed by atoms with Crippen LogP contribution in [0.25, 0.3) is 11.1 Å². The maximum atomic E-state index is 5.48. The molecule has 2 rings (SSSR count). The number of nitrogens with zero attached hydrogens (tertiary/aromatic N) is 3. The molecule has 66 valence electrons. The van der Waals surface area contributed by atoms with Gasteiger partial charge in [0.05, 0.1) is 29.1 Å². The van der Waals surface area contributed by atoms with Gasteiger partial charge in [-0.15, -0.1) is 0 Å². The second kappa shape index (κ2) is 3.33. The van der Waals surface area contributed by atoms with Crippen LogP contribution in [0.1, 0.15) is 0 Å². The highest BCUT2D eigenvalue weighted by Gasteiger charge is 1.99. The van der Waals surface area contributed by atoms with E-state index in [1.807, 2.05) is 12.3 Å². The minimum atomic E-state index is 0.533. The molecule has 2 N–H and O–H groups in total. The Hall–Kier alpha value is -1.11. The van der Waals surface area contributed by atoms with Gasteiger partial charge in [0.1, 0.15) is 5.82 Å². The lowest BCUT2D eigenvalue weighted by Crippen LogP contribution is -1.88. The summed E-state index contributed by atoms with van der Waals surface area (Å²) in [6.45, 7) is 0. The molecule has 2 aromatic heterocycles. The lowest BCUT2D eigenvalue weighted by atomic mass is 10.2. The summed E-state index contributed by atoms with van der Waals surface area (Å²) in [4.78, 5) is 4.00. The fourth-order valence-electron chi connectivity index (χ4n) is 1.02. The van der Waals surface area contributed by atoms with Gasteiger partial charge in [-0.2, -0.15) is 5.10 Å². The number of pyridine rings is 1. The van der Waals surface area contributed by atoms with Crippen molar-refractivity contribution in [1.82, 2.24) is 13.0 Å². The highest BCUT2D eigenvalue weighted by molar-refractivity contribution is 14.1. The average molecular weight is 286 g/mol. The van der Waals surface area contributed by atoms with E-state index in [4.69, 9.17) is 5.73 Å². The van der Waals surface area contributed by atoms with Gasteiger partial charge in [0, 0.05) is 23.5 Å². The summed E-state index contributed by atoms with van der Waals surface area (Å²) in [6.07, 6.45) is 5.45. The van der Waals surface area contributed by atoms with Crippen LogP contribution >= 0.6 is 22.9 Å². The SMILES string of the molecule is Nc1ccc(-c2cnn(I)c2)cn1. The number of halogens is 1. The van der Waals surface area contributed by atoms with Crippen LogP contribution in [0.15, 0.2) is 30.7 Å². The van der Waals surface area contributed by atoms with Gasteiger partial charge in [-0.25, -0.2) is 7.88 Å². The first-order chi connectivity index (χ1) is 6.25. The van der Waals surface area contributed by atoms with Crippen LogP contribution in [0.5, 0.6) is 0 Å². The maximum absolute atomic E-state index is 5.48. The third-order valence-corrected chi connectivity index (χ3v) is 2.20. The van der Waals surface area contributed by atoms with Gasteiger partial charge < -0.3 is 5.73 Å². The predicted octanol–water partition coefficient (Wildman–Crippen LogP) is 1.73. The average Bonchev–Trinajstić information content (AvgIpc) is 2.53. The van der Waals surface area contributed by atoms with Crippen LogP contribution in [0.3, 0.4) is 0 Å². The molecular formula is C8H7IN4. The molecule has 0 radical (unpaired) electrons. The van der Waals surface area contributed by atoms with Crippen LogP contribution in [0, 0.1) is 0 Å². The molecule has 0 bridgehead atoms. The zero-order valence-corrected chi connectivity index (χ0v) is 8.84. The highest BCUT2D eigenvalue weighted by Crippen LogP contribution is 2.18. The Morgan fingerprint density at radius 3 is 2.62 bits per heavy atom. The standard InChI is InChI=1S/C8H7IN4/c9-13-5-7(4-12-13)6-1-2-8(10)11-3-6/h1-5H,(H2,10,11). The van der Waals surface area contributed by atoms with E-state index in [1.54, 1.807) is 21.4 Å². The Balaban J connectivity index is 2.41. The molecule has 2 aromatic rings. The van der Waals surface area contributed by atoms with E-state index < -0.39 is 0 Å². The van der Waals surface area contributed by atoms with Crippen molar-refractivity contribution in [1.29, 1.82) is 0 Å². The molecule has 0 spiro atoms. The molecule has 0 unspecified atom stereocenters. The molecule has 5 heteroatoms. The van der Waals surface area contributed by atoms with Crippen LogP contribution < -0.4 is 5.73 Å². The summed E-state index contributed by atoms with van der Waals surface area (Å²) in [7, 11) is 0. The summed E-state index contributed by atoms with van der Waals surface area (Å²) in [5, 5.41) is 4.06. The normalized spacial score (nSPS) is 10.2. The van der Waals surface area contributed by atoms with E-state index >= 15 is 0 Å². The fourth-order valence-corrected chi connectivity index (χ4v) is 1.45. The smallest absolute Gasteiger partial charge is 0.123 e. The van der Waals surface area contributed by atoms with Crippen molar-refractivity contribution in [2.24, 2.45) is 0 Å². The predicted molar refractivity (Wildman–Crippen MR) is 59.3 cm³/mol. The second-order valence-electron chi connectivity index (χ2n) is 2.59. The van der Waals surface area contributed by atoms with Gasteiger partial charge in [0.25, 0.3) is 0 Å². The van der Waals surface area contributed by atoms with Crippen molar-refractivity contribution in [2.75, 3.05) is 5.73 Å². The fraction of sp³-hybridized carbons (Fsp3) is 0. The van der Waals surface area contributed by atoms with Crippen LogP contribution in [0.2, 0.25) is 0 Å². The number of hydrogen-bond acceptors (Lipinski definition) is 3. The van der Waals surface area contributed by atoms with E-state index in [9.17, 15) is 0 Å². The number of aromatic nitrogens is 3. The van der Waals surface area contributed by atoms with Crippen molar-refractivity contribution in [3.8, 4) is 11.1 Å². The largest absolute Gasteiger partial charge is 0.384 e. The molecule has 4 nitrogen and oxygen atoms in total. The number of anilines is 1. The first-order valence-corrected chi connectivity index (χ1v) is 4.65. The van der Waals surface area contributed by atoms with E-state index in [2.05, 4.69) is 32.9 Å². The topological polar surface area (TPSA) is 56.7 Å². The van der Waals surface area contributed by atoms with Crippen LogP contribution in [-0.4, -0.2) is 13.0 Å². The molecule has 0 fully saturated rings. The summed E-state index contributed by atoms with van der Waals surface area (Å²) >= 11 is 2.09. The van der Waals surface area contributed by atoms with Crippen molar-refractivity contribution in [3.05, 3.63) is 30.7 Å². The molecule has 0 aromatic carbocycles. The summed E-state index contributed by atoms with van der Waals surface area (Å²) in [5.74, 6) is 0.533. The maximum Gasteiger partial charge on any atom is 0.123 e. The lowest BCUT2D eigenvalue weighted by Gasteiger charge is -1.95. The van der Waals surface area contributed by atoms with Gasteiger partial charge in [0.15, 0.2) is 0 Å². The highest BCUT2D eigenvalue weighted by atomic mass is 127. The Kier molecular flexibility index (Phi) is 2.17. The zero-order valence-electron chi connectivity index (χ0n) is 6.68. The van der Waals surface area contributed by atoms with Crippen LogP contribution in [-0.2, 0) is 0 Å². The van der Waals surface area contributed by atoms with E-state index in [0.29, 0.717) is 5.82 Å². The van der Waals surface area contributed by atoms with Gasteiger partial charge in [-0.1, -0.05) is 0 Å². The molecule has 0 atom stereocenters. The van der Waals surface area contributed by atoms with Gasteiger partial charge in [0.2, 0.25) is 0 Å². The third kappa shape index (κ3) is 1.80.